The SMILES string of the molecule is O=C(O)c1ccc(Cl)c(N2CC(Br)CC2=O)c1. The van der Waals surface area contributed by atoms with Crippen LogP contribution in [0.4, 0.5) is 5.69 Å². The van der Waals surface area contributed by atoms with Crippen LogP contribution in [0.1, 0.15) is 16.8 Å². The number of alkyl halides is 1. The summed E-state index contributed by atoms with van der Waals surface area (Å²) in [5.41, 5.74) is 0.578. The van der Waals surface area contributed by atoms with Crippen molar-refractivity contribution in [3.8, 4) is 0 Å². The van der Waals surface area contributed by atoms with E-state index >= 15 is 0 Å². The van der Waals surface area contributed by atoms with E-state index in [9.17, 15) is 9.59 Å². The monoisotopic (exact) mass is 317 g/mol. The lowest BCUT2D eigenvalue weighted by atomic mass is 10.2. The second-order valence-electron chi connectivity index (χ2n) is 3.78. The zero-order valence-electron chi connectivity index (χ0n) is 8.69. The molecule has 1 saturated heterocycles. The molecule has 0 aromatic heterocycles. The van der Waals surface area contributed by atoms with E-state index < -0.39 is 5.97 Å². The van der Waals surface area contributed by atoms with Crippen molar-refractivity contribution in [1.82, 2.24) is 0 Å². The van der Waals surface area contributed by atoms with Crippen molar-refractivity contribution < 1.29 is 14.7 Å². The van der Waals surface area contributed by atoms with Gasteiger partial charge in [-0.3, -0.25) is 4.79 Å². The molecular formula is C11H9BrClNO3. The van der Waals surface area contributed by atoms with Gasteiger partial charge in [0.2, 0.25) is 5.91 Å². The van der Waals surface area contributed by atoms with Crippen molar-refractivity contribution in [2.24, 2.45) is 0 Å². The van der Waals surface area contributed by atoms with Gasteiger partial charge in [-0.15, -0.1) is 0 Å². The minimum atomic E-state index is -1.04. The summed E-state index contributed by atoms with van der Waals surface area (Å²) >= 11 is 9.36. The molecule has 6 heteroatoms. The Morgan fingerprint density at radius 2 is 2.24 bits per heavy atom. The van der Waals surface area contributed by atoms with Crippen LogP contribution in [0.3, 0.4) is 0 Å². The molecular weight excluding hydrogens is 309 g/mol. The van der Waals surface area contributed by atoms with Gasteiger partial charge >= 0.3 is 5.97 Å². The Hall–Kier alpha value is -1.07. The molecule has 2 rings (SSSR count). The summed E-state index contributed by atoms with van der Waals surface area (Å²) in [6.07, 6.45) is 0.396. The first kappa shape index (κ1) is 12.4. The minimum absolute atomic E-state index is 0.0590. The molecule has 17 heavy (non-hydrogen) atoms. The number of benzene rings is 1. The van der Waals surface area contributed by atoms with Gasteiger partial charge in [-0.25, -0.2) is 4.79 Å². The lowest BCUT2D eigenvalue weighted by Crippen LogP contribution is -2.25. The van der Waals surface area contributed by atoms with E-state index in [1.54, 1.807) is 0 Å². The Morgan fingerprint density at radius 1 is 1.53 bits per heavy atom. The molecule has 1 unspecified atom stereocenters. The first-order valence-electron chi connectivity index (χ1n) is 4.96. The van der Waals surface area contributed by atoms with Crippen molar-refractivity contribution >= 4 is 45.1 Å². The molecule has 0 aliphatic carbocycles. The third-order valence-electron chi connectivity index (χ3n) is 2.56. The second kappa shape index (κ2) is 4.66. The smallest absolute Gasteiger partial charge is 0.335 e. The van der Waals surface area contributed by atoms with E-state index in [-0.39, 0.29) is 16.3 Å². The number of rotatable bonds is 2. The largest absolute Gasteiger partial charge is 0.478 e. The normalized spacial score (nSPS) is 19.8. The minimum Gasteiger partial charge on any atom is -0.478 e. The zero-order valence-corrected chi connectivity index (χ0v) is 11.0. The average molecular weight is 319 g/mol. The third-order valence-corrected chi connectivity index (χ3v) is 3.49. The van der Waals surface area contributed by atoms with Crippen LogP contribution in [0.2, 0.25) is 5.02 Å². The van der Waals surface area contributed by atoms with Gasteiger partial charge in [-0.05, 0) is 18.2 Å². The highest BCUT2D eigenvalue weighted by Gasteiger charge is 2.30. The Labute approximate surface area is 111 Å². The van der Waals surface area contributed by atoms with Gasteiger partial charge in [0, 0.05) is 17.8 Å². The Kier molecular flexibility index (Phi) is 3.40. The first-order chi connectivity index (χ1) is 7.99. The molecule has 1 heterocycles. The second-order valence-corrected chi connectivity index (χ2v) is 5.48. The molecule has 1 fully saturated rings. The van der Waals surface area contributed by atoms with Gasteiger partial charge in [0.05, 0.1) is 16.3 Å². The van der Waals surface area contributed by atoms with Crippen LogP contribution in [-0.2, 0) is 4.79 Å². The molecule has 0 bridgehead atoms. The molecule has 0 saturated carbocycles. The standard InChI is InChI=1S/C11H9BrClNO3/c12-7-4-10(15)14(5-7)9-3-6(11(16)17)1-2-8(9)13/h1-3,7H,4-5H2,(H,16,17). The highest BCUT2D eigenvalue weighted by molar-refractivity contribution is 9.09. The average Bonchev–Trinajstić information content (AvgIpc) is 2.58. The number of amides is 1. The van der Waals surface area contributed by atoms with Gasteiger partial charge in [0.15, 0.2) is 0 Å². The van der Waals surface area contributed by atoms with Gasteiger partial charge < -0.3 is 10.0 Å². The summed E-state index contributed by atoms with van der Waals surface area (Å²) < 4.78 is 0. The molecule has 1 aliphatic heterocycles. The molecule has 1 aromatic rings. The fraction of sp³-hybridized carbons (Fsp3) is 0.273. The van der Waals surface area contributed by atoms with Gasteiger partial charge in [0.25, 0.3) is 0 Å². The lowest BCUT2D eigenvalue weighted by molar-refractivity contribution is -0.117. The number of carboxylic acids is 1. The first-order valence-corrected chi connectivity index (χ1v) is 6.25. The van der Waals surface area contributed by atoms with Crippen LogP contribution < -0.4 is 4.90 Å². The molecule has 1 aliphatic rings. The maximum atomic E-state index is 11.7. The molecule has 1 amide bonds. The maximum Gasteiger partial charge on any atom is 0.335 e. The van der Waals surface area contributed by atoms with Crippen molar-refractivity contribution in [2.75, 3.05) is 11.4 Å². The van der Waals surface area contributed by atoms with Crippen LogP contribution in [0.25, 0.3) is 0 Å². The van der Waals surface area contributed by atoms with Crippen LogP contribution in [0.15, 0.2) is 18.2 Å². The van der Waals surface area contributed by atoms with E-state index in [0.717, 1.165) is 0 Å². The molecule has 4 nitrogen and oxygen atoms in total. The predicted octanol–water partition coefficient (Wildman–Crippen LogP) is 2.54. The fourth-order valence-corrected chi connectivity index (χ4v) is 2.54. The van der Waals surface area contributed by atoms with Crippen LogP contribution in [0.5, 0.6) is 0 Å². The number of carbonyl (C=O) groups is 2. The van der Waals surface area contributed by atoms with Crippen molar-refractivity contribution in [3.05, 3.63) is 28.8 Å². The molecule has 0 spiro atoms. The Bertz CT molecular complexity index is 492. The zero-order chi connectivity index (χ0) is 12.6. The number of anilines is 1. The molecule has 1 aromatic carbocycles. The number of carbonyl (C=O) groups excluding carboxylic acids is 1. The fourth-order valence-electron chi connectivity index (χ4n) is 1.75. The van der Waals surface area contributed by atoms with Crippen LogP contribution in [-0.4, -0.2) is 28.4 Å². The van der Waals surface area contributed by atoms with E-state index in [0.29, 0.717) is 23.7 Å². The lowest BCUT2D eigenvalue weighted by Gasteiger charge is -2.17. The van der Waals surface area contributed by atoms with Crippen molar-refractivity contribution in [3.63, 3.8) is 0 Å². The van der Waals surface area contributed by atoms with E-state index in [2.05, 4.69) is 15.9 Å². The third kappa shape index (κ3) is 2.45. The highest BCUT2D eigenvalue weighted by Crippen LogP contribution is 2.32. The van der Waals surface area contributed by atoms with Gasteiger partial charge in [0.1, 0.15) is 0 Å². The Balaban J connectivity index is 2.41. The number of hydrogen-bond donors (Lipinski definition) is 1. The Morgan fingerprint density at radius 3 is 2.76 bits per heavy atom. The van der Waals surface area contributed by atoms with Crippen molar-refractivity contribution in [2.45, 2.75) is 11.2 Å². The van der Waals surface area contributed by atoms with Crippen LogP contribution >= 0.6 is 27.5 Å². The van der Waals surface area contributed by atoms with Gasteiger partial charge in [-0.2, -0.15) is 0 Å². The molecule has 1 N–H and O–H groups in total. The number of nitrogens with zero attached hydrogens (tertiary/aromatic N) is 1. The summed E-state index contributed by atoms with van der Waals surface area (Å²) in [6, 6.07) is 4.34. The maximum absolute atomic E-state index is 11.7. The number of hydrogen-bond acceptors (Lipinski definition) is 2. The van der Waals surface area contributed by atoms with Crippen LogP contribution in [0, 0.1) is 0 Å². The number of halogens is 2. The van der Waals surface area contributed by atoms with Gasteiger partial charge in [-0.1, -0.05) is 27.5 Å². The quantitative estimate of drug-likeness (QED) is 0.853. The molecule has 90 valence electrons. The summed E-state index contributed by atoms with van der Waals surface area (Å²) in [4.78, 5) is 24.2. The van der Waals surface area contributed by atoms with Crippen molar-refractivity contribution in [1.29, 1.82) is 0 Å². The topological polar surface area (TPSA) is 57.6 Å². The predicted molar refractivity (Wildman–Crippen MR) is 68.1 cm³/mol. The summed E-state index contributed by atoms with van der Waals surface area (Å²) in [6.45, 7) is 0.502. The van der Waals surface area contributed by atoms with E-state index in [1.165, 1.54) is 23.1 Å². The number of carboxylic acid groups (broad SMARTS) is 1. The molecule has 1 atom stereocenters. The van der Waals surface area contributed by atoms with E-state index in [4.69, 9.17) is 16.7 Å². The summed E-state index contributed by atoms with van der Waals surface area (Å²) in [5, 5.41) is 9.28. The number of aromatic carboxylic acids is 1. The highest BCUT2D eigenvalue weighted by atomic mass is 79.9. The van der Waals surface area contributed by atoms with E-state index in [1.807, 2.05) is 0 Å². The summed E-state index contributed by atoms with van der Waals surface area (Å²) in [7, 11) is 0. The summed E-state index contributed by atoms with van der Waals surface area (Å²) in [5.74, 6) is -1.10. The molecule has 0 radical (unpaired) electrons.